The van der Waals surface area contributed by atoms with E-state index in [0.717, 1.165) is 36.7 Å². The molecule has 0 aliphatic carbocycles. The molecule has 25 heavy (non-hydrogen) atoms. The van der Waals surface area contributed by atoms with Crippen LogP contribution in [0.2, 0.25) is 0 Å². The van der Waals surface area contributed by atoms with Crippen LogP contribution in [0.4, 0.5) is 11.8 Å². The number of fused-ring (bicyclic) bond motifs is 1. The third kappa shape index (κ3) is 3.60. The topological polar surface area (TPSA) is 53.9 Å². The maximum Gasteiger partial charge on any atom is 0.225 e. The van der Waals surface area contributed by atoms with E-state index in [9.17, 15) is 0 Å². The summed E-state index contributed by atoms with van der Waals surface area (Å²) < 4.78 is 0. The van der Waals surface area contributed by atoms with Crippen LogP contribution in [0.25, 0.3) is 0 Å². The lowest BCUT2D eigenvalue weighted by Crippen LogP contribution is -2.31. The van der Waals surface area contributed by atoms with Crippen LogP contribution in [0.5, 0.6) is 0 Å². The number of rotatable bonds is 4. The first kappa shape index (κ1) is 15.6. The fourth-order valence-electron chi connectivity index (χ4n) is 3.16. The number of nitrogens with zero attached hydrogens (tertiary/aromatic N) is 4. The molecule has 0 unspecified atom stereocenters. The molecule has 0 fully saturated rings. The van der Waals surface area contributed by atoms with Crippen LogP contribution >= 0.6 is 0 Å². The summed E-state index contributed by atoms with van der Waals surface area (Å²) in [5, 5.41) is 3.29. The van der Waals surface area contributed by atoms with Crippen molar-refractivity contribution >= 4 is 11.8 Å². The predicted molar refractivity (Wildman–Crippen MR) is 99.5 cm³/mol. The van der Waals surface area contributed by atoms with E-state index in [2.05, 4.69) is 50.5 Å². The van der Waals surface area contributed by atoms with Gasteiger partial charge in [0.2, 0.25) is 5.95 Å². The van der Waals surface area contributed by atoms with Crippen molar-refractivity contribution in [3.8, 4) is 0 Å². The highest BCUT2D eigenvalue weighted by Crippen LogP contribution is 2.24. The Morgan fingerprint density at radius 3 is 2.72 bits per heavy atom. The Hall–Kier alpha value is -2.95. The van der Waals surface area contributed by atoms with Gasteiger partial charge in [-0.2, -0.15) is 4.98 Å². The quantitative estimate of drug-likeness (QED) is 0.794. The summed E-state index contributed by atoms with van der Waals surface area (Å²) in [7, 11) is 0. The summed E-state index contributed by atoms with van der Waals surface area (Å²) in [4.78, 5) is 15.9. The molecule has 1 N–H and O–H groups in total. The molecule has 1 aliphatic rings. The van der Waals surface area contributed by atoms with Crippen LogP contribution in [0.1, 0.15) is 22.5 Å². The lowest BCUT2D eigenvalue weighted by molar-refractivity contribution is 0.718. The Kier molecular flexibility index (Phi) is 4.29. The van der Waals surface area contributed by atoms with E-state index in [1.807, 2.05) is 25.1 Å². The van der Waals surface area contributed by atoms with E-state index < -0.39 is 0 Å². The summed E-state index contributed by atoms with van der Waals surface area (Å²) in [5.74, 6) is 1.63. The van der Waals surface area contributed by atoms with Gasteiger partial charge in [-0.15, -0.1) is 0 Å². The van der Waals surface area contributed by atoms with Gasteiger partial charge in [0.25, 0.3) is 0 Å². The summed E-state index contributed by atoms with van der Waals surface area (Å²) in [5.41, 5.74) is 4.76. The molecule has 0 radical (unpaired) electrons. The Bertz CT molecular complexity index is 863. The average molecular weight is 331 g/mol. The number of hydrogen-bond acceptors (Lipinski definition) is 5. The molecule has 2 aromatic heterocycles. The number of anilines is 2. The number of aromatic nitrogens is 3. The van der Waals surface area contributed by atoms with Gasteiger partial charge in [0.1, 0.15) is 5.82 Å². The number of benzene rings is 1. The summed E-state index contributed by atoms with van der Waals surface area (Å²) in [6.07, 6.45) is 2.85. The molecule has 3 aromatic rings. The van der Waals surface area contributed by atoms with Gasteiger partial charge in [-0.25, -0.2) is 4.98 Å². The summed E-state index contributed by atoms with van der Waals surface area (Å²) in [6.45, 7) is 4.50. The molecule has 5 heteroatoms. The Morgan fingerprint density at radius 2 is 1.88 bits per heavy atom. The van der Waals surface area contributed by atoms with Gasteiger partial charge in [-0.3, -0.25) is 4.98 Å². The third-order valence-corrected chi connectivity index (χ3v) is 4.45. The van der Waals surface area contributed by atoms with Crippen molar-refractivity contribution in [1.29, 1.82) is 0 Å². The molecule has 1 aromatic carbocycles. The van der Waals surface area contributed by atoms with Crippen molar-refractivity contribution in [2.24, 2.45) is 0 Å². The smallest absolute Gasteiger partial charge is 0.225 e. The minimum Gasteiger partial charge on any atom is -0.352 e. The van der Waals surface area contributed by atoms with Gasteiger partial charge in [0.05, 0.1) is 12.2 Å². The second-order valence-electron chi connectivity index (χ2n) is 6.31. The van der Waals surface area contributed by atoms with E-state index in [1.54, 1.807) is 6.20 Å². The van der Waals surface area contributed by atoms with Crippen molar-refractivity contribution < 1.29 is 0 Å². The lowest BCUT2D eigenvalue weighted by Gasteiger charge is -2.30. The van der Waals surface area contributed by atoms with Crippen molar-refractivity contribution in [2.75, 3.05) is 16.8 Å². The SMILES string of the molecule is Cc1cc(N2CCc3ccccc3C2)nc(NCc2ccccn2)n1. The maximum absolute atomic E-state index is 4.72. The average Bonchev–Trinajstić information content (AvgIpc) is 2.66. The molecule has 0 bridgehead atoms. The van der Waals surface area contributed by atoms with Gasteiger partial charge < -0.3 is 10.2 Å². The second kappa shape index (κ2) is 6.89. The zero-order chi connectivity index (χ0) is 17.1. The number of hydrogen-bond donors (Lipinski definition) is 1. The fourth-order valence-corrected chi connectivity index (χ4v) is 3.16. The first-order valence-corrected chi connectivity index (χ1v) is 8.59. The molecule has 0 saturated carbocycles. The molecular weight excluding hydrogens is 310 g/mol. The third-order valence-electron chi connectivity index (χ3n) is 4.45. The van der Waals surface area contributed by atoms with Crippen molar-refractivity contribution in [1.82, 2.24) is 15.0 Å². The van der Waals surface area contributed by atoms with E-state index in [1.165, 1.54) is 11.1 Å². The van der Waals surface area contributed by atoms with Gasteiger partial charge in [-0.1, -0.05) is 30.3 Å². The van der Waals surface area contributed by atoms with Crippen LogP contribution in [-0.2, 0) is 19.5 Å². The van der Waals surface area contributed by atoms with E-state index in [-0.39, 0.29) is 0 Å². The van der Waals surface area contributed by atoms with Crippen LogP contribution in [0.3, 0.4) is 0 Å². The fraction of sp³-hybridized carbons (Fsp3) is 0.250. The van der Waals surface area contributed by atoms with Crippen molar-refractivity contribution in [3.63, 3.8) is 0 Å². The number of nitrogens with one attached hydrogen (secondary N) is 1. The molecular formula is C20H21N5. The molecule has 0 spiro atoms. The van der Waals surface area contributed by atoms with Gasteiger partial charge in [0.15, 0.2) is 0 Å². The predicted octanol–water partition coefficient (Wildman–Crippen LogP) is 3.35. The normalized spacial score (nSPS) is 13.4. The van der Waals surface area contributed by atoms with Crippen molar-refractivity contribution in [3.05, 3.63) is 77.2 Å². The molecule has 0 atom stereocenters. The Morgan fingerprint density at radius 1 is 1.04 bits per heavy atom. The Balaban J connectivity index is 1.52. The zero-order valence-electron chi connectivity index (χ0n) is 14.3. The maximum atomic E-state index is 4.72. The minimum absolute atomic E-state index is 0.618. The Labute approximate surface area is 147 Å². The van der Waals surface area contributed by atoms with Crippen LogP contribution in [0, 0.1) is 6.92 Å². The summed E-state index contributed by atoms with van der Waals surface area (Å²) in [6, 6.07) is 16.6. The molecule has 0 saturated heterocycles. The van der Waals surface area contributed by atoms with Gasteiger partial charge >= 0.3 is 0 Å². The van der Waals surface area contributed by atoms with Gasteiger partial charge in [0, 0.05) is 31.0 Å². The minimum atomic E-state index is 0.618. The highest BCUT2D eigenvalue weighted by Gasteiger charge is 2.18. The molecule has 0 amide bonds. The first-order chi connectivity index (χ1) is 12.3. The van der Waals surface area contributed by atoms with Gasteiger partial charge in [-0.05, 0) is 36.6 Å². The van der Waals surface area contributed by atoms with Crippen molar-refractivity contribution in [2.45, 2.75) is 26.4 Å². The second-order valence-corrected chi connectivity index (χ2v) is 6.31. The lowest BCUT2D eigenvalue weighted by atomic mass is 10.00. The summed E-state index contributed by atoms with van der Waals surface area (Å²) >= 11 is 0. The van der Waals surface area contributed by atoms with E-state index >= 15 is 0 Å². The van der Waals surface area contributed by atoms with Crippen LogP contribution in [0.15, 0.2) is 54.7 Å². The standard InChI is InChI=1S/C20H21N5/c1-15-12-19(25-11-9-16-6-2-3-7-17(16)14-25)24-20(23-15)22-13-18-8-4-5-10-21-18/h2-8,10,12H,9,11,13-14H2,1H3,(H,22,23,24). The highest BCUT2D eigenvalue weighted by molar-refractivity contribution is 5.48. The largest absolute Gasteiger partial charge is 0.352 e. The van der Waals surface area contributed by atoms with Crippen LogP contribution < -0.4 is 10.2 Å². The monoisotopic (exact) mass is 331 g/mol. The van der Waals surface area contributed by atoms with E-state index in [0.29, 0.717) is 12.5 Å². The number of pyridine rings is 1. The molecule has 1 aliphatic heterocycles. The molecule has 3 heterocycles. The van der Waals surface area contributed by atoms with Crippen LogP contribution in [-0.4, -0.2) is 21.5 Å². The molecule has 126 valence electrons. The van der Waals surface area contributed by atoms with E-state index in [4.69, 9.17) is 4.98 Å². The first-order valence-electron chi connectivity index (χ1n) is 8.59. The zero-order valence-corrected chi connectivity index (χ0v) is 14.3. The number of aryl methyl sites for hydroxylation is 1. The highest BCUT2D eigenvalue weighted by atomic mass is 15.2. The molecule has 5 nitrogen and oxygen atoms in total. The molecule has 4 rings (SSSR count).